The molecular weight excluding hydrogens is 1760 g/mol. The molecule has 4 aliphatic rings. The first-order chi connectivity index (χ1) is 68.6. The number of methoxy groups -OCH3 is 2. The van der Waals surface area contributed by atoms with Gasteiger partial charge in [0, 0.05) is 122 Å². The highest BCUT2D eigenvalue weighted by Crippen LogP contribution is 2.42. The number of ether oxygens (including phenoxy) is 3. The van der Waals surface area contributed by atoms with Crippen molar-refractivity contribution < 1.29 is 18.6 Å². The van der Waals surface area contributed by atoms with Crippen LogP contribution in [-0.4, -0.2) is 182 Å². The van der Waals surface area contributed by atoms with Crippen LogP contribution in [0.15, 0.2) is 281 Å². The molecule has 31 nitrogen and oxygen atoms in total. The summed E-state index contributed by atoms with van der Waals surface area (Å²) in [5.41, 5.74) is 19.8. The summed E-state index contributed by atoms with van der Waals surface area (Å²) in [6, 6.07) is 65.9. The van der Waals surface area contributed by atoms with E-state index in [9.17, 15) is 4.39 Å². The van der Waals surface area contributed by atoms with Gasteiger partial charge in [0.2, 0.25) is 29.5 Å². The van der Waals surface area contributed by atoms with Crippen LogP contribution in [-0.2, 0) is 4.74 Å². The number of aryl methyl sites for hydroxylation is 2. The molecule has 0 atom stereocenters. The number of likely N-dealkylation sites (tertiary alicyclic amines) is 3. The van der Waals surface area contributed by atoms with E-state index in [0.29, 0.717) is 101 Å². The maximum absolute atomic E-state index is 14.8. The minimum absolute atomic E-state index is 0.198. The molecule has 4 aromatic carbocycles. The number of nitrogens with zero attached hydrogens (tertiary/aromatic N) is 20. The van der Waals surface area contributed by atoms with Crippen molar-refractivity contribution in [1.29, 1.82) is 0 Å². The molecule has 4 saturated heterocycles. The van der Waals surface area contributed by atoms with Crippen molar-refractivity contribution in [3.05, 3.63) is 331 Å². The molecular formula is C108H111FN28O3. The van der Waals surface area contributed by atoms with Crippen LogP contribution in [0.25, 0.3) is 50.4 Å². The second kappa shape index (κ2) is 46.9. The van der Waals surface area contributed by atoms with Crippen molar-refractivity contribution in [3.63, 3.8) is 0 Å². The highest BCUT2D eigenvalue weighted by molar-refractivity contribution is 5.82. The molecule has 8 N–H and O–H groups in total. The zero-order valence-electron chi connectivity index (χ0n) is 79.2. The largest absolute Gasteiger partial charge is 0.496 e. The fraction of sp³-hybridized carbons (Fsp3) is 0.250. The number of halogens is 1. The lowest BCUT2D eigenvalue weighted by Gasteiger charge is -2.30. The fourth-order valence-electron chi connectivity index (χ4n) is 17.5. The molecule has 32 heteroatoms. The quantitative estimate of drug-likeness (QED) is 0.0233. The van der Waals surface area contributed by atoms with E-state index in [0.717, 1.165) is 174 Å². The van der Waals surface area contributed by atoms with E-state index in [4.69, 9.17) is 20.8 Å². The summed E-state index contributed by atoms with van der Waals surface area (Å²) in [6.07, 6.45) is 29.2. The van der Waals surface area contributed by atoms with Crippen LogP contribution in [0.4, 0.5) is 103 Å². The Morgan fingerprint density at radius 3 is 1.09 bits per heavy atom. The van der Waals surface area contributed by atoms with E-state index in [1.165, 1.54) is 47.4 Å². The van der Waals surface area contributed by atoms with E-state index in [1.807, 2.05) is 165 Å². The van der Waals surface area contributed by atoms with Crippen LogP contribution < -0.4 is 52.0 Å². The van der Waals surface area contributed by atoms with Gasteiger partial charge in [-0.05, 0) is 334 Å². The van der Waals surface area contributed by atoms with Crippen molar-refractivity contribution in [2.45, 2.75) is 88.9 Å². The zero-order valence-corrected chi connectivity index (χ0v) is 79.2. The van der Waals surface area contributed by atoms with E-state index >= 15 is 0 Å². The lowest BCUT2D eigenvalue weighted by molar-refractivity contribution is 0.0846. The van der Waals surface area contributed by atoms with Crippen molar-refractivity contribution >= 4 is 98.3 Å². The molecule has 20 rings (SSSR count). The summed E-state index contributed by atoms with van der Waals surface area (Å²) >= 11 is 0. The molecule has 4 aliphatic heterocycles. The molecule has 708 valence electrons. The third-order valence-corrected chi connectivity index (χ3v) is 24.9. The summed E-state index contributed by atoms with van der Waals surface area (Å²) in [6.45, 7) is 19.9. The van der Waals surface area contributed by atoms with Gasteiger partial charge in [-0.1, -0.05) is 42.5 Å². The summed E-state index contributed by atoms with van der Waals surface area (Å²) in [4.78, 5) is 82.3. The Balaban J connectivity index is 0.000000129. The van der Waals surface area contributed by atoms with Gasteiger partial charge in [-0.25, -0.2) is 34.2 Å². The maximum Gasteiger partial charge on any atom is 0.246 e. The van der Waals surface area contributed by atoms with Crippen LogP contribution in [0, 0.1) is 26.2 Å². The number of anilines is 16. The van der Waals surface area contributed by atoms with E-state index in [-0.39, 0.29) is 11.7 Å². The molecule has 16 heterocycles. The minimum atomic E-state index is -0.225. The number of nitrogens with one attached hydrogen (secondary N) is 8. The van der Waals surface area contributed by atoms with Crippen LogP contribution in [0.2, 0.25) is 0 Å². The average Bonchev–Trinajstić information content (AvgIpc) is 0.545. The van der Waals surface area contributed by atoms with Gasteiger partial charge in [0.1, 0.15) is 63.4 Å². The second-order valence-corrected chi connectivity index (χ2v) is 34.6. The summed E-state index contributed by atoms with van der Waals surface area (Å²) in [5, 5.41) is 26.3. The lowest BCUT2D eigenvalue weighted by Crippen LogP contribution is -2.29. The lowest BCUT2D eigenvalue weighted by atomic mass is 9.87. The van der Waals surface area contributed by atoms with Gasteiger partial charge in [-0.3, -0.25) is 39.9 Å². The van der Waals surface area contributed by atoms with Crippen LogP contribution >= 0.6 is 0 Å². The minimum Gasteiger partial charge on any atom is -0.496 e. The van der Waals surface area contributed by atoms with Crippen molar-refractivity contribution in [3.8, 4) is 57.1 Å². The predicted molar refractivity (Wildman–Crippen MR) is 550 cm³/mol. The molecule has 0 amide bonds. The molecule has 0 saturated carbocycles. The molecule has 4 fully saturated rings. The highest BCUT2D eigenvalue weighted by Gasteiger charge is 2.27. The van der Waals surface area contributed by atoms with Crippen LogP contribution in [0.3, 0.4) is 0 Å². The summed E-state index contributed by atoms with van der Waals surface area (Å²) in [7, 11) is 9.97. The van der Waals surface area contributed by atoms with Gasteiger partial charge >= 0.3 is 0 Å². The molecule has 16 aromatic rings. The number of hydrogen-bond acceptors (Lipinski definition) is 30. The molecule has 0 spiro atoms. The number of aromatic nitrogens is 16. The van der Waals surface area contributed by atoms with Gasteiger partial charge < -0.3 is 71.4 Å². The smallest absolute Gasteiger partial charge is 0.246 e. The first kappa shape index (κ1) is 95.4. The zero-order chi connectivity index (χ0) is 96.3. The van der Waals surface area contributed by atoms with Gasteiger partial charge in [-0.2, -0.15) is 15.0 Å². The van der Waals surface area contributed by atoms with E-state index in [1.54, 1.807) is 88.5 Å². The third-order valence-electron chi connectivity index (χ3n) is 24.9. The second-order valence-electron chi connectivity index (χ2n) is 34.6. The maximum atomic E-state index is 14.8. The Morgan fingerprint density at radius 1 is 0.336 bits per heavy atom. The summed E-state index contributed by atoms with van der Waals surface area (Å²) in [5.74, 6) is 7.43. The Kier molecular flexibility index (Phi) is 32.0. The number of pyridine rings is 8. The fourth-order valence-corrected chi connectivity index (χ4v) is 17.5. The Morgan fingerprint density at radius 2 is 0.693 bits per heavy atom. The number of piperidine rings is 3. The van der Waals surface area contributed by atoms with Gasteiger partial charge in [0.05, 0.1) is 66.3 Å². The Labute approximate surface area is 814 Å². The molecule has 12 aromatic heterocycles. The summed E-state index contributed by atoms with van der Waals surface area (Å²) < 4.78 is 31.6. The number of rotatable bonds is 26. The third kappa shape index (κ3) is 25.3. The molecule has 0 unspecified atom stereocenters. The highest BCUT2D eigenvalue weighted by atomic mass is 19.1. The van der Waals surface area contributed by atoms with Crippen molar-refractivity contribution in [2.75, 3.05) is 130 Å². The Bertz CT molecular complexity index is 6860. The predicted octanol–water partition coefficient (Wildman–Crippen LogP) is 22.3. The molecule has 140 heavy (non-hydrogen) atoms. The van der Waals surface area contributed by atoms with Crippen molar-refractivity contribution in [1.82, 2.24) is 94.4 Å². The van der Waals surface area contributed by atoms with Crippen molar-refractivity contribution in [2.24, 2.45) is 0 Å². The number of benzene rings is 4. The topological polar surface area (TPSA) is 344 Å². The average molecular weight is 1870 g/mol. The van der Waals surface area contributed by atoms with Crippen LogP contribution in [0.1, 0.15) is 108 Å². The standard InChI is InChI=1S/C28H28N8O.C28H31N7O.C27H29N7.C25H23FN6O/c1-29-24-18-32-28(33-20-9-10-21(25(17-20)37-3)19-11-15-36(2)16-12-19)35-27(24)34-23-8-6-14-31-26(23)22-7-4-5-13-30-22;1-19-8-13-29-24(17-19)27-23(5-4-12-30-27)33-26-9-14-31-28(34-26)32-21-6-7-22(25(18-21)36-3)20-10-15-35(2)16-11-20;1-19-18-21(8-9-22(19)20-11-16-34(2)17-12-20)31-27-30-15-10-25(33-27)32-24-7-5-14-29-26(24)23-6-3-4-13-28-23;26-20-16-18(6-7-19(20)17-9-14-33-15-10-17)30-25-29-13-8-23(32-25)31-22-5-3-12-28-24(22)21-4-1-2-11-27-21/h4-10,13-14,17-19H,11-12,15-16H2,2-3H3,(H2,32,33,34,35);4-9,12-14,17-18,20H,10-11,15-16H2,1-3H3,(H2,31,32,33,34);3-10,13-15,18,20H,11-12,16-17H2,1-2H3,(H2,30,31,32,33);1-8,11-13,16-17H,9-10,14-15H2,(H2,29,30,31,32). The first-order valence-corrected chi connectivity index (χ1v) is 46.9. The SMILES string of the molecule is COc1cc(Nc2nccc(Nc3cccnc3-c3cc(C)ccn3)n2)ccc1C1CCN(C)CC1.Cc1cc(Nc2nccc(Nc3cccnc3-c3ccccn3)n2)ccc1C1CCN(C)CC1.Fc1cc(Nc2nccc(Nc3cccnc3-c3ccccn3)n2)ccc1C1CCOCC1.[C-]#[N+]c1cnc(Nc2ccc(C3CCN(C)CC3)c(OC)c2)nc1Nc1cccnc1-c1ccccn1. The van der Waals surface area contributed by atoms with Gasteiger partial charge in [0.15, 0.2) is 0 Å². The molecule has 0 radical (unpaired) electrons. The van der Waals surface area contributed by atoms with Gasteiger partial charge in [-0.15, -0.1) is 0 Å². The first-order valence-electron chi connectivity index (χ1n) is 46.9. The Hall–Kier alpha value is -16.3. The molecule has 0 bridgehead atoms. The molecule has 0 aliphatic carbocycles. The van der Waals surface area contributed by atoms with Crippen LogP contribution in [0.5, 0.6) is 11.5 Å². The monoisotopic (exact) mass is 1870 g/mol. The van der Waals surface area contributed by atoms with E-state index < -0.39 is 0 Å². The number of hydrogen-bond donors (Lipinski definition) is 8. The van der Waals surface area contributed by atoms with Gasteiger partial charge in [0.25, 0.3) is 0 Å². The van der Waals surface area contributed by atoms with E-state index in [2.05, 4.69) is 206 Å². The normalized spacial score (nSPS) is 14.3.